The van der Waals surface area contributed by atoms with Gasteiger partial charge in [0.15, 0.2) is 0 Å². The van der Waals surface area contributed by atoms with E-state index >= 15 is 0 Å². The molecule has 2 aromatic rings. The highest BCUT2D eigenvalue weighted by molar-refractivity contribution is 5.92. The maximum Gasteiger partial charge on any atom is 0.269 e. The third-order valence-corrected chi connectivity index (χ3v) is 9.14. The number of anilines is 2. The first-order valence-corrected chi connectivity index (χ1v) is 13.6. The summed E-state index contributed by atoms with van der Waals surface area (Å²) < 4.78 is 14.6. The molecular formula is C27H36FN7O2. The number of rotatable bonds is 5. The summed E-state index contributed by atoms with van der Waals surface area (Å²) in [6, 6.07) is 3.24. The van der Waals surface area contributed by atoms with Gasteiger partial charge in [-0.1, -0.05) is 0 Å². The van der Waals surface area contributed by atoms with Crippen LogP contribution < -0.4 is 20.7 Å². The lowest BCUT2D eigenvalue weighted by Gasteiger charge is -2.52. The standard InChI is InChI=1S/C27H36FN7O2/c1-29-27(37)21-5-6-22(23(28)30-21)35-10-8-34(9-11-35)15-18-14-20(17-12-16(18)13-17)24-31-25-19(26(36)32-24)4-3-7-33(25)2/h5-6,16-18,20H,3-4,7-15H2,1-2H3,(H,29,37)(H,31,32,36)/t16?,17?,18-,20-/m1/s1. The normalized spacial score (nSPS) is 27.4. The Bertz CT molecular complexity index is 1240. The predicted octanol–water partition coefficient (Wildman–Crippen LogP) is 2.00. The van der Waals surface area contributed by atoms with E-state index in [9.17, 15) is 14.0 Å². The third-order valence-electron chi connectivity index (χ3n) is 9.14. The number of fused-ring (bicyclic) bond motifs is 3. The molecule has 2 aromatic heterocycles. The fraction of sp³-hybridized carbons (Fsp3) is 0.630. The average Bonchev–Trinajstić information content (AvgIpc) is 2.88. The van der Waals surface area contributed by atoms with Gasteiger partial charge in [-0.05, 0) is 62.0 Å². The van der Waals surface area contributed by atoms with E-state index in [1.165, 1.54) is 19.9 Å². The first kappa shape index (κ1) is 24.3. The van der Waals surface area contributed by atoms with Crippen molar-refractivity contribution >= 4 is 17.4 Å². The minimum atomic E-state index is -0.595. The molecule has 2 N–H and O–H groups in total. The SMILES string of the molecule is CNC(=O)c1ccc(N2CCN(C[C@H]3C[C@@H](c4nc5c(c(=O)[nH]4)CCCN5C)C4CC3C4)CC2)c(F)n1. The van der Waals surface area contributed by atoms with Gasteiger partial charge in [0.2, 0.25) is 5.95 Å². The number of piperazine rings is 1. The minimum absolute atomic E-state index is 0.0470. The van der Waals surface area contributed by atoms with Gasteiger partial charge in [-0.15, -0.1) is 0 Å². The number of halogens is 1. The summed E-state index contributed by atoms with van der Waals surface area (Å²) in [5, 5.41) is 2.48. The van der Waals surface area contributed by atoms with E-state index < -0.39 is 5.95 Å². The van der Waals surface area contributed by atoms with E-state index in [1.807, 2.05) is 11.9 Å². The second-order valence-electron chi connectivity index (χ2n) is 11.2. The van der Waals surface area contributed by atoms with Crippen molar-refractivity contribution in [3.05, 3.63) is 45.5 Å². The molecule has 3 aliphatic carbocycles. The van der Waals surface area contributed by atoms with Gasteiger partial charge >= 0.3 is 0 Å². The number of amides is 1. The summed E-state index contributed by atoms with van der Waals surface area (Å²) in [5.41, 5.74) is 1.43. The molecule has 7 rings (SSSR count). The minimum Gasteiger partial charge on any atom is -0.365 e. The number of nitrogens with one attached hydrogen (secondary N) is 2. The molecule has 2 bridgehead atoms. The summed E-state index contributed by atoms with van der Waals surface area (Å²) in [7, 11) is 3.55. The van der Waals surface area contributed by atoms with E-state index in [-0.39, 0.29) is 17.2 Å². The van der Waals surface area contributed by atoms with Gasteiger partial charge < -0.3 is 20.1 Å². The van der Waals surface area contributed by atoms with Gasteiger partial charge in [-0.3, -0.25) is 14.5 Å². The molecule has 9 nitrogen and oxygen atoms in total. The molecule has 2 atom stereocenters. The van der Waals surface area contributed by atoms with Crippen molar-refractivity contribution < 1.29 is 9.18 Å². The molecule has 2 aliphatic heterocycles. The van der Waals surface area contributed by atoms with Crippen LogP contribution in [0.4, 0.5) is 15.9 Å². The molecule has 10 heteroatoms. The topological polar surface area (TPSA) is 97.5 Å². The Labute approximate surface area is 216 Å². The maximum absolute atomic E-state index is 14.6. The molecule has 37 heavy (non-hydrogen) atoms. The summed E-state index contributed by atoms with van der Waals surface area (Å²) in [6.45, 7) is 5.18. The first-order chi connectivity index (χ1) is 17.9. The zero-order valence-corrected chi connectivity index (χ0v) is 21.7. The Morgan fingerprint density at radius 3 is 2.62 bits per heavy atom. The summed E-state index contributed by atoms with van der Waals surface area (Å²) >= 11 is 0. The van der Waals surface area contributed by atoms with Crippen LogP contribution in [0.15, 0.2) is 16.9 Å². The highest BCUT2D eigenvalue weighted by Crippen LogP contribution is 2.55. The number of H-pyrrole nitrogens is 1. The van der Waals surface area contributed by atoms with Crippen molar-refractivity contribution in [2.45, 2.75) is 38.0 Å². The lowest BCUT2D eigenvalue weighted by atomic mass is 9.55. The van der Waals surface area contributed by atoms with Crippen molar-refractivity contribution in [3.63, 3.8) is 0 Å². The monoisotopic (exact) mass is 509 g/mol. The predicted molar refractivity (Wildman–Crippen MR) is 140 cm³/mol. The Balaban J connectivity index is 1.09. The van der Waals surface area contributed by atoms with E-state index in [4.69, 9.17) is 4.98 Å². The van der Waals surface area contributed by atoms with Gasteiger partial charge in [0.1, 0.15) is 17.3 Å². The van der Waals surface area contributed by atoms with Gasteiger partial charge in [-0.25, -0.2) is 9.97 Å². The van der Waals surface area contributed by atoms with Crippen molar-refractivity contribution in [2.75, 3.05) is 63.2 Å². The molecule has 5 aliphatic rings. The summed E-state index contributed by atoms with van der Waals surface area (Å²) in [5.74, 6) is 3.08. The molecule has 1 saturated heterocycles. The fourth-order valence-electron chi connectivity index (χ4n) is 6.93. The molecule has 198 valence electrons. The Hall–Kier alpha value is -3.01. The number of aromatic amines is 1. The van der Waals surface area contributed by atoms with Crippen LogP contribution >= 0.6 is 0 Å². The van der Waals surface area contributed by atoms with Crippen molar-refractivity contribution in [3.8, 4) is 0 Å². The van der Waals surface area contributed by atoms with Gasteiger partial charge in [0, 0.05) is 59.3 Å². The Morgan fingerprint density at radius 2 is 1.89 bits per heavy atom. The van der Waals surface area contributed by atoms with Crippen LogP contribution in [0.5, 0.6) is 0 Å². The molecule has 0 unspecified atom stereocenters. The quantitative estimate of drug-likeness (QED) is 0.595. The van der Waals surface area contributed by atoms with Crippen molar-refractivity contribution in [2.24, 2.45) is 17.8 Å². The van der Waals surface area contributed by atoms with Crippen LogP contribution in [0.3, 0.4) is 0 Å². The highest BCUT2D eigenvalue weighted by Gasteiger charge is 2.47. The molecular weight excluding hydrogens is 473 g/mol. The number of pyridine rings is 1. The molecule has 4 heterocycles. The molecule has 0 spiro atoms. The van der Waals surface area contributed by atoms with Crippen LogP contribution in [-0.4, -0.2) is 79.1 Å². The van der Waals surface area contributed by atoms with Crippen molar-refractivity contribution in [1.82, 2.24) is 25.2 Å². The number of hydrogen-bond donors (Lipinski definition) is 2. The zero-order valence-electron chi connectivity index (χ0n) is 21.7. The number of carbonyl (C=O) groups is 1. The molecule has 4 fully saturated rings. The third kappa shape index (κ3) is 4.49. The molecule has 1 amide bonds. The maximum atomic E-state index is 14.6. The second kappa shape index (κ2) is 9.70. The number of carbonyl (C=O) groups excluding carboxylic acids is 1. The number of nitrogens with zero attached hydrogens (tertiary/aromatic N) is 5. The van der Waals surface area contributed by atoms with Crippen LogP contribution in [0.25, 0.3) is 0 Å². The summed E-state index contributed by atoms with van der Waals surface area (Å²) in [4.78, 5) is 43.2. The van der Waals surface area contributed by atoms with E-state index in [1.54, 1.807) is 12.1 Å². The molecule has 3 saturated carbocycles. The van der Waals surface area contributed by atoms with Crippen LogP contribution in [0, 0.1) is 23.7 Å². The van der Waals surface area contributed by atoms with Gasteiger partial charge in [0.05, 0.1) is 11.3 Å². The highest BCUT2D eigenvalue weighted by atomic mass is 19.1. The average molecular weight is 510 g/mol. The lowest BCUT2D eigenvalue weighted by molar-refractivity contribution is 0.00532. The van der Waals surface area contributed by atoms with Crippen molar-refractivity contribution in [1.29, 1.82) is 0 Å². The van der Waals surface area contributed by atoms with E-state index in [2.05, 4.69) is 25.1 Å². The molecule has 0 radical (unpaired) electrons. The lowest BCUT2D eigenvalue weighted by Crippen LogP contribution is -2.51. The van der Waals surface area contributed by atoms with Gasteiger partial charge in [-0.2, -0.15) is 4.39 Å². The van der Waals surface area contributed by atoms with Gasteiger partial charge in [0.25, 0.3) is 11.5 Å². The molecule has 0 aromatic carbocycles. The van der Waals surface area contributed by atoms with E-state index in [0.717, 1.165) is 81.7 Å². The fourth-order valence-corrected chi connectivity index (χ4v) is 6.93. The van der Waals surface area contributed by atoms with Crippen LogP contribution in [-0.2, 0) is 6.42 Å². The Kier molecular flexibility index (Phi) is 6.38. The number of hydrogen-bond acceptors (Lipinski definition) is 7. The first-order valence-electron chi connectivity index (χ1n) is 13.6. The zero-order chi connectivity index (χ0) is 25.7. The van der Waals surface area contributed by atoms with Crippen LogP contribution in [0.2, 0.25) is 0 Å². The Morgan fingerprint density at radius 1 is 1.11 bits per heavy atom. The summed E-state index contributed by atoms with van der Waals surface area (Å²) in [6.07, 6.45) is 5.33. The second-order valence-corrected chi connectivity index (χ2v) is 11.2. The largest absolute Gasteiger partial charge is 0.365 e. The van der Waals surface area contributed by atoms with E-state index in [0.29, 0.717) is 23.4 Å². The van der Waals surface area contributed by atoms with Crippen LogP contribution in [0.1, 0.15) is 53.5 Å². The smallest absolute Gasteiger partial charge is 0.269 e. The number of aromatic nitrogens is 3.